The first kappa shape index (κ1) is 17.6. The summed E-state index contributed by atoms with van der Waals surface area (Å²) in [5.74, 6) is -2.53. The molecule has 2 aromatic carbocycles. The van der Waals surface area contributed by atoms with Gasteiger partial charge in [-0.3, -0.25) is 4.79 Å². The van der Waals surface area contributed by atoms with Crippen LogP contribution in [0.3, 0.4) is 0 Å². The number of rotatable bonds is 4. The Kier molecular flexibility index (Phi) is 4.46. The number of nitrogens with zero attached hydrogens (tertiary/aromatic N) is 1. The van der Waals surface area contributed by atoms with E-state index in [0.29, 0.717) is 11.2 Å². The molecule has 1 aromatic heterocycles. The summed E-state index contributed by atoms with van der Waals surface area (Å²) in [6.45, 7) is 3.68. The minimum atomic E-state index is -1.42. The van der Waals surface area contributed by atoms with Crippen molar-refractivity contribution in [3.63, 3.8) is 0 Å². The lowest BCUT2D eigenvalue weighted by Gasteiger charge is -2.16. The molecule has 26 heavy (non-hydrogen) atoms. The number of anilines is 1. The molecule has 0 unspecified atom stereocenters. The third-order valence-electron chi connectivity index (χ3n) is 3.87. The Morgan fingerprint density at radius 1 is 1.15 bits per heavy atom. The zero-order valence-corrected chi connectivity index (χ0v) is 14.1. The van der Waals surface area contributed by atoms with E-state index < -0.39 is 28.6 Å². The van der Waals surface area contributed by atoms with E-state index >= 15 is 0 Å². The molecule has 7 heteroatoms. The number of carbonyl (C=O) groups is 1. The number of nitrogens with one attached hydrogen (secondary N) is 1. The van der Waals surface area contributed by atoms with Gasteiger partial charge in [0.1, 0.15) is 17.2 Å². The minimum Gasteiger partial charge on any atom is -0.477 e. The Bertz CT molecular complexity index is 1060. The number of carboxylic acids is 1. The molecule has 0 saturated heterocycles. The topological polar surface area (TPSA) is 71.3 Å². The van der Waals surface area contributed by atoms with Crippen molar-refractivity contribution < 1.29 is 18.7 Å². The SMILES string of the molecule is CC(C)Nc1cc2c(cc1F)c(=O)c(C(=O)O)cn2-c1ccc(F)cc1. The summed E-state index contributed by atoms with van der Waals surface area (Å²) in [4.78, 5) is 23.9. The van der Waals surface area contributed by atoms with Crippen LogP contribution in [-0.2, 0) is 0 Å². The fourth-order valence-electron chi connectivity index (χ4n) is 2.73. The molecular weight excluding hydrogens is 342 g/mol. The van der Waals surface area contributed by atoms with E-state index in [1.165, 1.54) is 34.9 Å². The molecule has 5 nitrogen and oxygen atoms in total. The van der Waals surface area contributed by atoms with E-state index in [9.17, 15) is 23.5 Å². The maximum atomic E-state index is 14.4. The van der Waals surface area contributed by atoms with Gasteiger partial charge in [0.15, 0.2) is 0 Å². The summed E-state index contributed by atoms with van der Waals surface area (Å²) < 4.78 is 29.0. The normalized spacial score (nSPS) is 11.1. The summed E-state index contributed by atoms with van der Waals surface area (Å²) in [5.41, 5.74) is -0.324. The van der Waals surface area contributed by atoms with Crippen molar-refractivity contribution in [1.29, 1.82) is 0 Å². The van der Waals surface area contributed by atoms with E-state index in [1.54, 1.807) is 0 Å². The van der Waals surface area contributed by atoms with E-state index in [0.717, 1.165) is 12.3 Å². The number of halogens is 2. The lowest BCUT2D eigenvalue weighted by molar-refractivity contribution is 0.0695. The van der Waals surface area contributed by atoms with Crippen molar-refractivity contribution in [2.24, 2.45) is 0 Å². The molecule has 0 saturated carbocycles. The number of aromatic nitrogens is 1. The molecule has 0 radical (unpaired) electrons. The minimum absolute atomic E-state index is 0.0498. The standard InChI is InChI=1S/C19H16F2N2O3/c1-10(2)22-16-8-17-13(7-15(16)21)18(24)14(19(25)26)9-23(17)12-5-3-11(20)4-6-12/h3-10,22H,1-2H3,(H,25,26). The van der Waals surface area contributed by atoms with Crippen LogP contribution in [0.15, 0.2) is 47.4 Å². The van der Waals surface area contributed by atoms with Crippen molar-refractivity contribution >= 4 is 22.6 Å². The molecule has 0 aliphatic carbocycles. The van der Waals surface area contributed by atoms with Crippen LogP contribution in [0.25, 0.3) is 16.6 Å². The van der Waals surface area contributed by atoms with Crippen LogP contribution < -0.4 is 10.7 Å². The van der Waals surface area contributed by atoms with Gasteiger partial charge in [0.2, 0.25) is 5.43 Å². The number of benzene rings is 2. The summed E-state index contributed by atoms with van der Waals surface area (Å²) in [6.07, 6.45) is 1.16. The van der Waals surface area contributed by atoms with Gasteiger partial charge in [0.25, 0.3) is 0 Å². The monoisotopic (exact) mass is 358 g/mol. The first-order chi connectivity index (χ1) is 12.3. The Morgan fingerprint density at radius 3 is 2.38 bits per heavy atom. The summed E-state index contributed by atoms with van der Waals surface area (Å²) in [5, 5.41) is 12.2. The van der Waals surface area contributed by atoms with Crippen molar-refractivity contribution in [3.8, 4) is 5.69 Å². The summed E-state index contributed by atoms with van der Waals surface area (Å²) in [6, 6.07) is 7.75. The molecule has 3 rings (SSSR count). The molecule has 0 bridgehead atoms. The number of pyridine rings is 1. The fraction of sp³-hybridized carbons (Fsp3) is 0.158. The molecule has 3 aromatic rings. The fourth-order valence-corrected chi connectivity index (χ4v) is 2.73. The molecule has 1 heterocycles. The molecule has 0 fully saturated rings. The highest BCUT2D eigenvalue weighted by Crippen LogP contribution is 2.25. The molecular formula is C19H16F2N2O3. The Morgan fingerprint density at radius 2 is 1.81 bits per heavy atom. The predicted molar refractivity (Wildman–Crippen MR) is 95.2 cm³/mol. The first-order valence-electron chi connectivity index (χ1n) is 7.92. The van der Waals surface area contributed by atoms with Gasteiger partial charge >= 0.3 is 5.97 Å². The van der Waals surface area contributed by atoms with Gasteiger partial charge < -0.3 is 15.0 Å². The maximum absolute atomic E-state index is 14.4. The largest absolute Gasteiger partial charge is 0.477 e. The average Bonchev–Trinajstić information content (AvgIpc) is 2.57. The molecule has 0 aliphatic heterocycles. The van der Waals surface area contributed by atoms with E-state index in [1.807, 2.05) is 13.8 Å². The Labute approximate surface area is 147 Å². The lowest BCUT2D eigenvalue weighted by Crippen LogP contribution is -2.19. The summed E-state index contributed by atoms with van der Waals surface area (Å²) in [7, 11) is 0. The second-order valence-electron chi connectivity index (χ2n) is 6.17. The highest BCUT2D eigenvalue weighted by atomic mass is 19.1. The Hall–Kier alpha value is -3.22. The van der Waals surface area contributed by atoms with Crippen LogP contribution in [0.1, 0.15) is 24.2 Å². The van der Waals surface area contributed by atoms with Crippen LogP contribution in [-0.4, -0.2) is 21.7 Å². The third-order valence-corrected chi connectivity index (χ3v) is 3.87. The van der Waals surface area contributed by atoms with Gasteiger partial charge in [0.05, 0.1) is 11.2 Å². The summed E-state index contributed by atoms with van der Waals surface area (Å²) >= 11 is 0. The maximum Gasteiger partial charge on any atom is 0.341 e. The lowest BCUT2D eigenvalue weighted by atomic mass is 10.1. The number of hydrogen-bond donors (Lipinski definition) is 2. The number of fused-ring (bicyclic) bond motifs is 1. The first-order valence-corrected chi connectivity index (χ1v) is 7.92. The predicted octanol–water partition coefficient (Wildman–Crippen LogP) is 3.79. The van der Waals surface area contributed by atoms with Crippen molar-refractivity contribution in [3.05, 3.63) is 70.0 Å². The molecule has 0 spiro atoms. The molecule has 0 amide bonds. The number of aromatic carboxylic acids is 1. The van der Waals surface area contributed by atoms with E-state index in [-0.39, 0.29) is 17.1 Å². The van der Waals surface area contributed by atoms with Crippen molar-refractivity contribution in [1.82, 2.24) is 4.57 Å². The van der Waals surface area contributed by atoms with Gasteiger partial charge in [-0.05, 0) is 50.2 Å². The van der Waals surface area contributed by atoms with Gasteiger partial charge in [-0.1, -0.05) is 0 Å². The number of carboxylic acid groups (broad SMARTS) is 1. The van der Waals surface area contributed by atoms with Gasteiger partial charge in [0, 0.05) is 23.3 Å². The third kappa shape index (κ3) is 3.15. The quantitative estimate of drug-likeness (QED) is 0.744. The zero-order chi connectivity index (χ0) is 19.0. The molecule has 0 aliphatic rings. The Balaban J connectivity index is 2.39. The van der Waals surface area contributed by atoms with E-state index in [4.69, 9.17) is 0 Å². The van der Waals surface area contributed by atoms with Crippen LogP contribution in [0.4, 0.5) is 14.5 Å². The highest BCUT2D eigenvalue weighted by molar-refractivity contribution is 5.94. The smallest absolute Gasteiger partial charge is 0.341 e. The van der Waals surface area contributed by atoms with Gasteiger partial charge in [-0.15, -0.1) is 0 Å². The van der Waals surface area contributed by atoms with Crippen LogP contribution in [0.5, 0.6) is 0 Å². The highest BCUT2D eigenvalue weighted by Gasteiger charge is 2.18. The van der Waals surface area contributed by atoms with Gasteiger partial charge in [-0.2, -0.15) is 0 Å². The molecule has 134 valence electrons. The second kappa shape index (κ2) is 6.59. The molecule has 0 atom stereocenters. The molecule has 2 N–H and O–H groups in total. The van der Waals surface area contributed by atoms with Crippen LogP contribution in [0.2, 0.25) is 0 Å². The number of hydrogen-bond acceptors (Lipinski definition) is 3. The van der Waals surface area contributed by atoms with E-state index in [2.05, 4.69) is 5.32 Å². The average molecular weight is 358 g/mol. The van der Waals surface area contributed by atoms with Gasteiger partial charge in [-0.25, -0.2) is 13.6 Å². The van der Waals surface area contributed by atoms with Crippen LogP contribution in [0, 0.1) is 11.6 Å². The second-order valence-corrected chi connectivity index (χ2v) is 6.17. The van der Waals surface area contributed by atoms with Crippen molar-refractivity contribution in [2.45, 2.75) is 19.9 Å². The van der Waals surface area contributed by atoms with Crippen LogP contribution >= 0.6 is 0 Å². The zero-order valence-electron chi connectivity index (χ0n) is 14.1. The van der Waals surface area contributed by atoms with Crippen molar-refractivity contribution in [2.75, 3.05) is 5.32 Å².